The van der Waals surface area contributed by atoms with Gasteiger partial charge in [0.15, 0.2) is 11.2 Å². The van der Waals surface area contributed by atoms with Crippen LogP contribution in [-0.2, 0) is 25.4 Å². The Kier molecular flexibility index (Phi) is 4.03. The maximum absolute atomic E-state index is 12.3. The molecule has 0 radical (unpaired) electrons. The van der Waals surface area contributed by atoms with Crippen molar-refractivity contribution in [2.24, 2.45) is 14.1 Å². The fraction of sp³-hybridized carbons (Fsp3) is 0.400. The molecule has 1 amide bonds. The van der Waals surface area contributed by atoms with Crippen molar-refractivity contribution in [1.29, 1.82) is 0 Å². The van der Waals surface area contributed by atoms with E-state index in [1.807, 2.05) is 0 Å². The average Bonchev–Trinajstić information content (AvgIpc) is 3.15. The summed E-state index contributed by atoms with van der Waals surface area (Å²) in [5, 5.41) is 6.43. The fourth-order valence-electron chi connectivity index (χ4n) is 2.51. The topological polar surface area (TPSA) is 117 Å². The number of aromatic nitrogens is 5. The third kappa shape index (κ3) is 2.75. The molecular weight excluding hydrogens is 328 g/mol. The monoisotopic (exact) mass is 346 g/mol. The number of hydrogen-bond donors (Lipinski definition) is 1. The number of hydrogen-bond acceptors (Lipinski definition) is 6. The molecule has 0 fully saturated rings. The van der Waals surface area contributed by atoms with Crippen molar-refractivity contribution in [3.8, 4) is 0 Å². The first kappa shape index (κ1) is 16.7. The SMILES string of the molecule is Cc1noc(NC(=O)CCn2cnc3c2c(=O)n(C)c(=O)n3C)c1C. The Morgan fingerprint density at radius 3 is 2.60 bits per heavy atom. The van der Waals surface area contributed by atoms with Crippen molar-refractivity contribution >= 4 is 23.0 Å². The molecule has 3 aromatic heterocycles. The van der Waals surface area contributed by atoms with E-state index < -0.39 is 11.2 Å². The van der Waals surface area contributed by atoms with Crippen molar-refractivity contribution in [3.63, 3.8) is 0 Å². The third-order valence-electron chi connectivity index (χ3n) is 4.21. The van der Waals surface area contributed by atoms with Gasteiger partial charge in [0, 0.05) is 32.6 Å². The molecule has 1 N–H and O–H groups in total. The molecule has 0 bridgehead atoms. The van der Waals surface area contributed by atoms with Crippen LogP contribution in [-0.4, -0.2) is 29.7 Å². The van der Waals surface area contributed by atoms with Crippen LogP contribution in [0.5, 0.6) is 0 Å². The third-order valence-corrected chi connectivity index (χ3v) is 4.21. The van der Waals surface area contributed by atoms with Crippen LogP contribution in [0.25, 0.3) is 11.2 Å². The Morgan fingerprint density at radius 2 is 1.96 bits per heavy atom. The van der Waals surface area contributed by atoms with Crippen LogP contribution in [0, 0.1) is 13.8 Å². The molecule has 10 heteroatoms. The summed E-state index contributed by atoms with van der Waals surface area (Å²) in [6.45, 7) is 3.82. The van der Waals surface area contributed by atoms with Crippen molar-refractivity contribution < 1.29 is 9.32 Å². The number of aryl methyl sites for hydroxylation is 3. The lowest BCUT2D eigenvalue weighted by molar-refractivity contribution is -0.116. The maximum Gasteiger partial charge on any atom is 0.332 e. The van der Waals surface area contributed by atoms with Gasteiger partial charge in [-0.2, -0.15) is 0 Å². The summed E-state index contributed by atoms with van der Waals surface area (Å²) < 4.78 is 8.92. The van der Waals surface area contributed by atoms with Crippen LogP contribution < -0.4 is 16.6 Å². The Labute approximate surface area is 141 Å². The molecule has 0 atom stereocenters. The molecule has 0 aromatic carbocycles. The molecule has 0 saturated heterocycles. The van der Waals surface area contributed by atoms with Gasteiger partial charge in [0.1, 0.15) is 0 Å². The Morgan fingerprint density at radius 1 is 1.24 bits per heavy atom. The summed E-state index contributed by atoms with van der Waals surface area (Å²) in [5.74, 6) is 0.0408. The number of imidazole rings is 1. The largest absolute Gasteiger partial charge is 0.338 e. The lowest BCUT2D eigenvalue weighted by Crippen LogP contribution is -2.37. The number of anilines is 1. The molecule has 0 aliphatic heterocycles. The number of nitrogens with zero attached hydrogens (tertiary/aromatic N) is 5. The van der Waals surface area contributed by atoms with Crippen LogP contribution >= 0.6 is 0 Å². The summed E-state index contributed by atoms with van der Waals surface area (Å²) in [7, 11) is 2.95. The van der Waals surface area contributed by atoms with Crippen molar-refractivity contribution in [1.82, 2.24) is 23.8 Å². The second-order valence-electron chi connectivity index (χ2n) is 5.84. The zero-order chi connectivity index (χ0) is 18.3. The van der Waals surface area contributed by atoms with Gasteiger partial charge in [-0.1, -0.05) is 5.16 Å². The minimum atomic E-state index is -0.448. The van der Waals surface area contributed by atoms with E-state index in [1.54, 1.807) is 25.5 Å². The summed E-state index contributed by atoms with van der Waals surface area (Å²) in [6.07, 6.45) is 1.55. The maximum atomic E-state index is 12.3. The second kappa shape index (κ2) is 6.04. The number of nitrogens with one attached hydrogen (secondary N) is 1. The Bertz CT molecular complexity index is 1080. The van der Waals surface area contributed by atoms with E-state index in [1.165, 1.54) is 17.9 Å². The molecule has 0 spiro atoms. The minimum Gasteiger partial charge on any atom is -0.338 e. The summed E-state index contributed by atoms with van der Waals surface area (Å²) in [6, 6.07) is 0. The highest BCUT2D eigenvalue weighted by molar-refractivity contribution is 5.90. The smallest absolute Gasteiger partial charge is 0.332 e. The molecule has 0 aliphatic carbocycles. The van der Waals surface area contributed by atoms with Crippen LogP contribution in [0.3, 0.4) is 0 Å². The molecule has 0 unspecified atom stereocenters. The molecule has 0 saturated carbocycles. The van der Waals surface area contributed by atoms with E-state index in [2.05, 4.69) is 15.5 Å². The van der Waals surface area contributed by atoms with Crippen LogP contribution in [0.15, 0.2) is 20.4 Å². The van der Waals surface area contributed by atoms with Gasteiger partial charge in [-0.25, -0.2) is 9.78 Å². The van der Waals surface area contributed by atoms with Gasteiger partial charge in [-0.05, 0) is 13.8 Å². The van der Waals surface area contributed by atoms with E-state index in [9.17, 15) is 14.4 Å². The predicted molar refractivity (Wildman–Crippen MR) is 89.4 cm³/mol. The fourth-order valence-corrected chi connectivity index (χ4v) is 2.51. The Hall–Kier alpha value is -3.17. The van der Waals surface area contributed by atoms with E-state index >= 15 is 0 Å². The van der Waals surface area contributed by atoms with Crippen LogP contribution in [0.2, 0.25) is 0 Å². The highest BCUT2D eigenvalue weighted by Gasteiger charge is 2.16. The van der Waals surface area contributed by atoms with Crippen LogP contribution in [0.4, 0.5) is 5.88 Å². The van der Waals surface area contributed by atoms with Gasteiger partial charge in [-0.15, -0.1) is 0 Å². The molecular formula is C15H18N6O4. The Balaban J connectivity index is 1.82. The zero-order valence-corrected chi connectivity index (χ0v) is 14.4. The zero-order valence-electron chi connectivity index (χ0n) is 14.4. The van der Waals surface area contributed by atoms with Gasteiger partial charge in [-0.3, -0.25) is 24.0 Å². The summed E-state index contributed by atoms with van der Waals surface area (Å²) >= 11 is 0. The van der Waals surface area contributed by atoms with Crippen molar-refractivity contribution in [2.75, 3.05) is 5.32 Å². The molecule has 3 aromatic rings. The van der Waals surface area contributed by atoms with Crippen molar-refractivity contribution in [3.05, 3.63) is 38.4 Å². The van der Waals surface area contributed by atoms with E-state index in [-0.39, 0.29) is 30.0 Å². The highest BCUT2D eigenvalue weighted by atomic mass is 16.5. The number of fused-ring (bicyclic) bond motifs is 1. The summed E-state index contributed by atoms with van der Waals surface area (Å²) in [4.78, 5) is 40.5. The van der Waals surface area contributed by atoms with E-state index in [4.69, 9.17) is 4.52 Å². The quantitative estimate of drug-likeness (QED) is 0.714. The molecule has 3 heterocycles. The van der Waals surface area contributed by atoms with Gasteiger partial charge in [0.2, 0.25) is 11.8 Å². The van der Waals surface area contributed by atoms with Gasteiger partial charge < -0.3 is 9.09 Å². The standard InChI is InChI=1S/C15H18N6O4/c1-8-9(2)18-25-13(8)17-10(22)5-6-21-7-16-12-11(21)14(23)20(4)15(24)19(12)3/h7H,5-6H2,1-4H3,(H,17,22). The van der Waals surface area contributed by atoms with Gasteiger partial charge in [0.05, 0.1) is 12.0 Å². The van der Waals surface area contributed by atoms with E-state index in [0.717, 1.165) is 10.1 Å². The molecule has 132 valence electrons. The summed E-state index contributed by atoms with van der Waals surface area (Å²) in [5.41, 5.74) is 1.15. The van der Waals surface area contributed by atoms with Crippen molar-refractivity contribution in [2.45, 2.75) is 26.8 Å². The first-order valence-electron chi connectivity index (χ1n) is 7.64. The molecule has 10 nitrogen and oxygen atoms in total. The lowest BCUT2D eigenvalue weighted by Gasteiger charge is -2.07. The second-order valence-corrected chi connectivity index (χ2v) is 5.84. The number of amides is 1. The molecule has 0 aliphatic rings. The van der Waals surface area contributed by atoms with E-state index in [0.29, 0.717) is 11.6 Å². The number of carbonyl (C=O) groups is 1. The van der Waals surface area contributed by atoms with Gasteiger partial charge in [0.25, 0.3) is 5.56 Å². The normalized spacial score (nSPS) is 11.2. The minimum absolute atomic E-state index is 0.108. The van der Waals surface area contributed by atoms with Gasteiger partial charge >= 0.3 is 5.69 Å². The number of carbonyl (C=O) groups excluding carboxylic acids is 1. The first-order valence-corrected chi connectivity index (χ1v) is 7.64. The average molecular weight is 346 g/mol. The lowest BCUT2D eigenvalue weighted by atomic mass is 10.3. The number of rotatable bonds is 4. The van der Waals surface area contributed by atoms with Crippen LogP contribution in [0.1, 0.15) is 17.7 Å². The highest BCUT2D eigenvalue weighted by Crippen LogP contribution is 2.17. The molecule has 25 heavy (non-hydrogen) atoms. The molecule has 3 rings (SSSR count). The first-order chi connectivity index (χ1) is 11.8. The predicted octanol–water partition coefficient (Wildman–Crippen LogP) is 0.0673.